The molecule has 3 aliphatic rings. The number of benzene rings is 1. The molecule has 10 nitrogen and oxygen atoms in total. The number of aromatic nitrogens is 2. The summed E-state index contributed by atoms with van der Waals surface area (Å²) >= 11 is 0. The molecule has 1 amide bonds. The highest BCUT2D eigenvalue weighted by molar-refractivity contribution is 6.91. The number of hydrogen-bond acceptors (Lipinski definition) is 8. The Labute approximate surface area is 277 Å². The van der Waals surface area contributed by atoms with Gasteiger partial charge in [-0.1, -0.05) is 64.2 Å². The molecule has 0 spiro atoms. The zero-order valence-electron chi connectivity index (χ0n) is 29.2. The smallest absolute Gasteiger partial charge is 0.407 e. The van der Waals surface area contributed by atoms with Crippen molar-refractivity contribution >= 4 is 43.1 Å². The van der Waals surface area contributed by atoms with Gasteiger partial charge in [-0.15, -0.1) is 0 Å². The second kappa shape index (κ2) is 12.6. The van der Waals surface area contributed by atoms with Crippen LogP contribution in [0.1, 0.15) is 84.5 Å². The van der Waals surface area contributed by atoms with Crippen molar-refractivity contribution < 1.29 is 33.7 Å². The highest BCUT2D eigenvalue weighted by Gasteiger charge is 2.52. The number of aliphatic hydroxyl groups excluding tert-OH is 1. The number of amides is 1. The molecule has 0 saturated heterocycles. The number of ether oxygens (including phenoxy) is 3. The third-order valence-electron chi connectivity index (χ3n) is 10.1. The van der Waals surface area contributed by atoms with E-state index in [1.807, 2.05) is 0 Å². The molecular formula is C36H49N3O7Si. The van der Waals surface area contributed by atoms with Gasteiger partial charge in [0.2, 0.25) is 5.60 Å². The fourth-order valence-corrected chi connectivity index (χ4v) is 10.8. The Morgan fingerprint density at radius 1 is 1.21 bits per heavy atom. The van der Waals surface area contributed by atoms with Crippen molar-refractivity contribution in [3.63, 3.8) is 0 Å². The summed E-state index contributed by atoms with van der Waals surface area (Å²) in [5.41, 5.74) is 3.02. The van der Waals surface area contributed by atoms with Crippen LogP contribution in [0.25, 0.3) is 11.8 Å². The molecule has 2 aromatic rings. The minimum Gasteiger partial charge on any atom is -0.505 e. The summed E-state index contributed by atoms with van der Waals surface area (Å²) in [4.78, 5) is 43.4. The van der Waals surface area contributed by atoms with E-state index in [2.05, 4.69) is 68.0 Å². The lowest BCUT2D eigenvalue weighted by Crippen LogP contribution is -2.52. The largest absolute Gasteiger partial charge is 0.505 e. The summed E-state index contributed by atoms with van der Waals surface area (Å²) in [7, 11) is -1.85. The van der Waals surface area contributed by atoms with Gasteiger partial charge in [-0.25, -0.2) is 14.6 Å². The lowest BCUT2D eigenvalue weighted by atomic mass is 9.79. The number of carbonyl (C=O) groups excluding carboxylic acids is 3. The van der Waals surface area contributed by atoms with Crippen molar-refractivity contribution in [1.29, 1.82) is 0 Å². The number of alkyl carbamates (subject to hydrolysis) is 1. The molecule has 0 radical (unpaired) electrons. The quantitative estimate of drug-likeness (QED) is 0.152. The van der Waals surface area contributed by atoms with E-state index in [1.54, 1.807) is 27.7 Å². The number of fused-ring (bicyclic) bond motifs is 4. The number of cyclic esters (lactones) is 1. The summed E-state index contributed by atoms with van der Waals surface area (Å²) in [5.74, 6) is -0.689. The van der Waals surface area contributed by atoms with Crippen LogP contribution in [0.5, 0.6) is 0 Å². The standard InChI is InChI=1S/C36H49N3O7Si/c1-10-36(45-30(40)15-12-16-37-34(43)46-35(5,6)7)26-18-27-31(32(41)25(26)20-44-33(36)42)39-19-24-23(17-29(39)38-27)13-11-14-28(24)47(8,9)22(4)21(2)3/h11,13-14,17,21-22,41H,10,12,15-16,18-20H2,1-9H3,(H,37,43). The van der Waals surface area contributed by atoms with E-state index in [0.717, 1.165) is 11.0 Å². The first-order valence-electron chi connectivity index (χ1n) is 16.7. The topological polar surface area (TPSA) is 129 Å². The van der Waals surface area contributed by atoms with Gasteiger partial charge < -0.3 is 29.2 Å². The van der Waals surface area contributed by atoms with Crippen LogP contribution in [0, 0.1) is 5.92 Å². The maximum Gasteiger partial charge on any atom is 0.407 e. The number of esters is 2. The predicted molar refractivity (Wildman–Crippen MR) is 182 cm³/mol. The molecule has 2 atom stereocenters. The molecule has 5 rings (SSSR count). The van der Waals surface area contributed by atoms with E-state index in [0.29, 0.717) is 46.6 Å². The third kappa shape index (κ3) is 6.38. The number of imidazole rings is 1. The Morgan fingerprint density at radius 2 is 1.94 bits per heavy atom. The van der Waals surface area contributed by atoms with Crippen molar-refractivity contribution in [3.05, 3.63) is 57.0 Å². The van der Waals surface area contributed by atoms with E-state index < -0.39 is 37.3 Å². The molecule has 11 heteroatoms. The SMILES string of the molecule is CCC1(OC(=O)CCCNC(=O)OC(C)(C)C)C(=O)OCC2=C1Cc1nc3n(c1=C2O)Cc1c(cccc1[Si](C)(C)C(C)C(C)C)C=3. The fraction of sp³-hybridized carbons (Fsp3) is 0.556. The van der Waals surface area contributed by atoms with Crippen LogP contribution >= 0.6 is 0 Å². The number of hydrogen-bond donors (Lipinski definition) is 2. The monoisotopic (exact) mass is 663 g/mol. The van der Waals surface area contributed by atoms with Crippen molar-refractivity contribution in [2.45, 2.75) is 111 Å². The maximum absolute atomic E-state index is 13.4. The molecule has 254 valence electrons. The molecule has 2 aliphatic heterocycles. The number of aliphatic hydroxyl groups is 1. The zero-order valence-corrected chi connectivity index (χ0v) is 30.2. The van der Waals surface area contributed by atoms with Gasteiger partial charge in [-0.05, 0) is 62.3 Å². The molecule has 0 saturated carbocycles. The van der Waals surface area contributed by atoms with Crippen LogP contribution in [0.15, 0.2) is 29.3 Å². The third-order valence-corrected chi connectivity index (χ3v) is 14.9. The normalized spacial score (nSPS) is 19.5. The van der Waals surface area contributed by atoms with Crippen molar-refractivity contribution in [1.82, 2.24) is 14.9 Å². The van der Waals surface area contributed by atoms with Gasteiger partial charge in [0.25, 0.3) is 0 Å². The summed E-state index contributed by atoms with van der Waals surface area (Å²) in [5, 5.41) is 16.5. The lowest BCUT2D eigenvalue weighted by Gasteiger charge is -2.38. The van der Waals surface area contributed by atoms with Crippen molar-refractivity contribution in [2.75, 3.05) is 13.2 Å². The minimum atomic E-state index is -1.85. The summed E-state index contributed by atoms with van der Waals surface area (Å²) in [6, 6.07) is 6.54. The number of nitrogens with one attached hydrogen (secondary N) is 1. The average Bonchev–Trinajstić information content (AvgIpc) is 3.35. The van der Waals surface area contributed by atoms with Gasteiger partial charge in [0.1, 0.15) is 28.8 Å². The number of nitrogens with zero attached hydrogens (tertiary/aromatic N) is 2. The van der Waals surface area contributed by atoms with Gasteiger partial charge >= 0.3 is 18.0 Å². The minimum absolute atomic E-state index is 0.00400. The maximum atomic E-state index is 13.4. The molecule has 0 fully saturated rings. The molecule has 3 heterocycles. The highest BCUT2D eigenvalue weighted by atomic mass is 28.3. The Kier molecular flexibility index (Phi) is 9.26. The van der Waals surface area contributed by atoms with Crippen LogP contribution in [0.4, 0.5) is 4.79 Å². The zero-order chi connectivity index (χ0) is 34.5. The van der Waals surface area contributed by atoms with Crippen LogP contribution < -0.4 is 21.3 Å². The van der Waals surface area contributed by atoms with Gasteiger partial charge in [0.15, 0.2) is 0 Å². The first-order valence-corrected chi connectivity index (χ1v) is 19.8. The van der Waals surface area contributed by atoms with Crippen LogP contribution in [0.3, 0.4) is 0 Å². The van der Waals surface area contributed by atoms with Crippen LogP contribution in [-0.2, 0) is 36.8 Å². The van der Waals surface area contributed by atoms with E-state index in [-0.39, 0.29) is 38.2 Å². The average molecular weight is 664 g/mol. The van der Waals surface area contributed by atoms with E-state index in [1.165, 1.54) is 10.8 Å². The Morgan fingerprint density at radius 3 is 2.60 bits per heavy atom. The number of rotatable bonds is 9. The van der Waals surface area contributed by atoms with E-state index in [4.69, 9.17) is 19.2 Å². The van der Waals surface area contributed by atoms with Gasteiger partial charge in [-0.3, -0.25) is 4.79 Å². The van der Waals surface area contributed by atoms with Crippen molar-refractivity contribution in [2.24, 2.45) is 5.92 Å². The number of carbonyl (C=O) groups is 3. The first kappa shape index (κ1) is 34.5. The van der Waals surface area contributed by atoms with Crippen LogP contribution in [0.2, 0.25) is 18.6 Å². The fourth-order valence-electron chi connectivity index (χ4n) is 7.07. The van der Waals surface area contributed by atoms with Gasteiger partial charge in [0, 0.05) is 30.5 Å². The molecular weight excluding hydrogens is 614 g/mol. The Bertz CT molecular complexity index is 1760. The summed E-state index contributed by atoms with van der Waals surface area (Å²) < 4.78 is 18.8. The molecule has 2 unspecified atom stereocenters. The van der Waals surface area contributed by atoms with E-state index >= 15 is 0 Å². The second-order valence-corrected chi connectivity index (χ2v) is 19.8. The van der Waals surface area contributed by atoms with Crippen molar-refractivity contribution in [3.8, 4) is 0 Å². The second-order valence-electron chi connectivity index (χ2n) is 14.9. The summed E-state index contributed by atoms with van der Waals surface area (Å²) in [6.45, 7) is 19.6. The van der Waals surface area contributed by atoms with E-state index in [9.17, 15) is 19.5 Å². The summed E-state index contributed by atoms with van der Waals surface area (Å²) in [6.07, 6.45) is 2.16. The molecule has 1 aromatic carbocycles. The molecule has 47 heavy (non-hydrogen) atoms. The lowest BCUT2D eigenvalue weighted by molar-refractivity contribution is -0.180. The molecule has 1 aliphatic carbocycles. The molecule has 1 aromatic heterocycles. The van der Waals surface area contributed by atoms with Gasteiger partial charge in [0.05, 0.1) is 20.3 Å². The first-order chi connectivity index (χ1) is 22.0. The Balaban J connectivity index is 1.44. The van der Waals surface area contributed by atoms with Gasteiger partial charge in [-0.2, -0.15) is 0 Å². The Hall–Kier alpha value is -3.86. The predicted octanol–water partition coefficient (Wildman–Crippen LogP) is 4.11. The molecule has 0 bridgehead atoms. The van der Waals surface area contributed by atoms with Crippen LogP contribution in [-0.4, -0.2) is 65.1 Å². The highest BCUT2D eigenvalue weighted by Crippen LogP contribution is 2.39. The molecule has 2 N–H and O–H groups in total.